The summed E-state index contributed by atoms with van der Waals surface area (Å²) in [7, 11) is 0. The van der Waals surface area contributed by atoms with Gasteiger partial charge in [-0.2, -0.15) is 5.10 Å². The van der Waals surface area contributed by atoms with Crippen LogP contribution in [0.25, 0.3) is 0 Å². The molecule has 0 saturated carbocycles. The third-order valence-corrected chi connectivity index (χ3v) is 4.25. The molecule has 2 aromatic heterocycles. The summed E-state index contributed by atoms with van der Waals surface area (Å²) in [5.74, 6) is 2.13. The van der Waals surface area contributed by atoms with Crippen molar-refractivity contribution in [3.05, 3.63) is 30.4 Å². The second-order valence-corrected chi connectivity index (χ2v) is 5.73. The number of hydrogen-bond acceptors (Lipinski definition) is 5. The number of carbonyl (C=O) groups is 1. The van der Waals surface area contributed by atoms with Gasteiger partial charge in [0.05, 0.1) is 6.54 Å². The summed E-state index contributed by atoms with van der Waals surface area (Å²) >= 11 is 0. The Kier molecular flexibility index (Phi) is 5.02. The quantitative estimate of drug-likeness (QED) is 0.828. The minimum absolute atomic E-state index is 0.222. The summed E-state index contributed by atoms with van der Waals surface area (Å²) < 4.78 is 2.07. The highest BCUT2D eigenvalue weighted by Gasteiger charge is 2.21. The summed E-state index contributed by atoms with van der Waals surface area (Å²) in [4.78, 5) is 25.0. The summed E-state index contributed by atoms with van der Waals surface area (Å²) in [5.41, 5.74) is 0. The van der Waals surface area contributed by atoms with E-state index in [2.05, 4.69) is 36.6 Å². The third-order valence-electron chi connectivity index (χ3n) is 4.25. The number of aromatic nitrogens is 5. The first kappa shape index (κ1) is 15.7. The average Bonchev–Trinajstić information content (AvgIpc) is 3.24. The van der Waals surface area contributed by atoms with Crippen LogP contribution in [0.2, 0.25) is 0 Å². The fourth-order valence-corrected chi connectivity index (χ4v) is 2.91. The van der Waals surface area contributed by atoms with Crippen molar-refractivity contribution in [1.29, 1.82) is 0 Å². The molecule has 1 saturated heterocycles. The second-order valence-electron chi connectivity index (χ2n) is 5.73. The summed E-state index contributed by atoms with van der Waals surface area (Å²) in [6, 6.07) is 0. The van der Waals surface area contributed by atoms with E-state index in [9.17, 15) is 4.79 Å². The van der Waals surface area contributed by atoms with E-state index in [0.717, 1.165) is 50.8 Å². The Labute approximate surface area is 135 Å². The molecule has 3 heterocycles. The third kappa shape index (κ3) is 3.95. The molecule has 23 heavy (non-hydrogen) atoms. The normalized spacial score (nSPS) is 16.0. The van der Waals surface area contributed by atoms with Gasteiger partial charge in [0.2, 0.25) is 5.91 Å². The molecule has 1 N–H and O–H groups in total. The van der Waals surface area contributed by atoms with Gasteiger partial charge in [-0.25, -0.2) is 9.97 Å². The maximum absolute atomic E-state index is 12.4. The molecule has 0 bridgehead atoms. The lowest BCUT2D eigenvalue weighted by atomic mass is 10.2. The molecule has 8 heteroatoms. The molecule has 1 amide bonds. The highest BCUT2D eigenvalue weighted by Crippen LogP contribution is 2.08. The van der Waals surface area contributed by atoms with Crippen LogP contribution in [0, 0.1) is 0 Å². The zero-order valence-electron chi connectivity index (χ0n) is 13.5. The Morgan fingerprint density at radius 3 is 2.78 bits per heavy atom. The first-order valence-electron chi connectivity index (χ1n) is 8.10. The maximum Gasteiger partial charge on any atom is 0.224 e. The van der Waals surface area contributed by atoms with Gasteiger partial charge in [-0.05, 0) is 0 Å². The number of rotatable bonds is 6. The van der Waals surface area contributed by atoms with Gasteiger partial charge in [-0.1, -0.05) is 6.92 Å². The van der Waals surface area contributed by atoms with Crippen LogP contribution in [-0.4, -0.2) is 66.6 Å². The van der Waals surface area contributed by atoms with Crippen LogP contribution in [0.4, 0.5) is 0 Å². The molecule has 0 aliphatic carbocycles. The molecule has 8 nitrogen and oxygen atoms in total. The van der Waals surface area contributed by atoms with Crippen LogP contribution in [-0.2, 0) is 24.3 Å². The van der Waals surface area contributed by atoms with Crippen molar-refractivity contribution in [2.75, 3.05) is 26.2 Å². The smallest absolute Gasteiger partial charge is 0.224 e. The van der Waals surface area contributed by atoms with Gasteiger partial charge < -0.3 is 9.47 Å². The van der Waals surface area contributed by atoms with Crippen LogP contribution in [0.15, 0.2) is 18.7 Å². The first-order valence-corrected chi connectivity index (χ1v) is 8.10. The molecule has 0 spiro atoms. The van der Waals surface area contributed by atoms with Crippen molar-refractivity contribution in [3.8, 4) is 0 Å². The molecule has 2 aromatic rings. The van der Waals surface area contributed by atoms with E-state index in [1.54, 1.807) is 6.20 Å². The van der Waals surface area contributed by atoms with E-state index >= 15 is 0 Å². The molecule has 124 valence electrons. The van der Waals surface area contributed by atoms with Gasteiger partial charge in [0.15, 0.2) is 0 Å². The van der Waals surface area contributed by atoms with Crippen LogP contribution < -0.4 is 0 Å². The zero-order valence-corrected chi connectivity index (χ0v) is 13.5. The minimum Gasteiger partial charge on any atom is -0.340 e. The Morgan fingerprint density at radius 2 is 2.09 bits per heavy atom. The predicted molar refractivity (Wildman–Crippen MR) is 84.5 cm³/mol. The summed E-state index contributed by atoms with van der Waals surface area (Å²) in [6.45, 7) is 6.84. The van der Waals surface area contributed by atoms with Crippen molar-refractivity contribution in [3.63, 3.8) is 0 Å². The Hall–Kier alpha value is -2.22. The van der Waals surface area contributed by atoms with Gasteiger partial charge >= 0.3 is 0 Å². The number of amides is 1. The van der Waals surface area contributed by atoms with E-state index in [1.165, 1.54) is 6.33 Å². The highest BCUT2D eigenvalue weighted by molar-refractivity contribution is 5.76. The van der Waals surface area contributed by atoms with Crippen LogP contribution >= 0.6 is 0 Å². The molecule has 0 aromatic carbocycles. The number of aromatic amines is 1. The Morgan fingerprint density at radius 1 is 1.26 bits per heavy atom. The molecule has 1 aliphatic rings. The van der Waals surface area contributed by atoms with E-state index in [0.29, 0.717) is 13.0 Å². The number of carbonyl (C=O) groups excluding carboxylic acids is 1. The lowest BCUT2D eigenvalue weighted by Gasteiger charge is -2.34. The number of nitrogens with one attached hydrogen (secondary N) is 1. The van der Waals surface area contributed by atoms with Gasteiger partial charge in [-0.3, -0.25) is 14.8 Å². The lowest BCUT2D eigenvalue weighted by Crippen LogP contribution is -2.48. The van der Waals surface area contributed by atoms with Crippen molar-refractivity contribution in [2.24, 2.45) is 0 Å². The van der Waals surface area contributed by atoms with Crippen molar-refractivity contribution in [2.45, 2.75) is 32.9 Å². The number of aryl methyl sites for hydroxylation is 2. The molecule has 0 atom stereocenters. The molecule has 1 aliphatic heterocycles. The van der Waals surface area contributed by atoms with E-state index in [-0.39, 0.29) is 5.91 Å². The topological polar surface area (TPSA) is 82.9 Å². The number of hydrogen-bond donors (Lipinski definition) is 1. The maximum atomic E-state index is 12.4. The second kappa shape index (κ2) is 7.36. The van der Waals surface area contributed by atoms with Gasteiger partial charge in [-0.15, -0.1) is 0 Å². The average molecular weight is 317 g/mol. The molecule has 0 radical (unpaired) electrons. The van der Waals surface area contributed by atoms with E-state index < -0.39 is 0 Å². The number of H-pyrrole nitrogens is 1. The predicted octanol–water partition coefficient (Wildman–Crippen LogP) is 0.298. The van der Waals surface area contributed by atoms with Gasteiger partial charge in [0.1, 0.15) is 18.0 Å². The molecular weight excluding hydrogens is 294 g/mol. The van der Waals surface area contributed by atoms with Crippen LogP contribution in [0.3, 0.4) is 0 Å². The first-order chi connectivity index (χ1) is 11.3. The molecule has 3 rings (SSSR count). The molecule has 0 unspecified atom stereocenters. The van der Waals surface area contributed by atoms with Gasteiger partial charge in [0.25, 0.3) is 0 Å². The van der Waals surface area contributed by atoms with Crippen molar-refractivity contribution >= 4 is 5.91 Å². The Bertz CT molecular complexity index is 614. The lowest BCUT2D eigenvalue weighted by molar-refractivity contribution is -0.133. The number of imidazole rings is 1. The molecular formula is C15H23N7O. The van der Waals surface area contributed by atoms with Crippen molar-refractivity contribution < 1.29 is 4.79 Å². The Balaban J connectivity index is 1.43. The largest absolute Gasteiger partial charge is 0.340 e. The zero-order chi connectivity index (χ0) is 16.1. The summed E-state index contributed by atoms with van der Waals surface area (Å²) in [5, 5.41) is 6.73. The van der Waals surface area contributed by atoms with Crippen LogP contribution in [0.1, 0.15) is 25.0 Å². The SMILES string of the molecule is CCc1nccn1CCC(=O)N1CCN(Cc2ncn[nH]2)CC1. The monoisotopic (exact) mass is 317 g/mol. The highest BCUT2D eigenvalue weighted by atomic mass is 16.2. The summed E-state index contributed by atoms with van der Waals surface area (Å²) in [6.07, 6.45) is 6.69. The van der Waals surface area contributed by atoms with Crippen molar-refractivity contribution in [1.82, 2.24) is 34.5 Å². The minimum atomic E-state index is 0.222. The fraction of sp³-hybridized carbons (Fsp3) is 0.600. The number of piperazine rings is 1. The van der Waals surface area contributed by atoms with E-state index in [4.69, 9.17) is 0 Å². The van der Waals surface area contributed by atoms with Gasteiger partial charge in [0, 0.05) is 58.0 Å². The van der Waals surface area contributed by atoms with Crippen LogP contribution in [0.5, 0.6) is 0 Å². The standard InChI is InChI=1S/C15H23N7O/c1-2-14-16-4-6-21(14)5-3-15(23)22-9-7-20(8-10-22)11-13-17-12-18-19-13/h4,6,12H,2-3,5,7-11H2,1H3,(H,17,18,19). The molecule has 1 fully saturated rings. The van der Waals surface area contributed by atoms with E-state index in [1.807, 2.05) is 11.1 Å². The number of nitrogens with zero attached hydrogens (tertiary/aromatic N) is 6. The fourth-order valence-electron chi connectivity index (χ4n) is 2.91.